The van der Waals surface area contributed by atoms with Crippen molar-refractivity contribution in [3.8, 4) is 0 Å². The van der Waals surface area contributed by atoms with Crippen LogP contribution in [0, 0.1) is 0 Å². The standard InChI is InChI=1S/C13H21N3O2/c1-10(14-2)11-3-4-13(15-7-11)16-5-6-18-12(8-16)9-17/h3-4,7,10,12,14,17H,5-6,8-9H2,1-2H3. The van der Waals surface area contributed by atoms with Crippen LogP contribution in [-0.4, -0.2) is 49.5 Å². The number of aliphatic hydroxyl groups is 1. The first-order chi connectivity index (χ1) is 8.74. The van der Waals surface area contributed by atoms with Gasteiger partial charge in [0.2, 0.25) is 0 Å². The van der Waals surface area contributed by atoms with Gasteiger partial charge in [0.05, 0.1) is 19.3 Å². The number of nitrogens with one attached hydrogen (secondary N) is 1. The molecule has 5 nitrogen and oxygen atoms in total. The normalized spacial score (nSPS) is 21.9. The van der Waals surface area contributed by atoms with E-state index in [2.05, 4.69) is 28.2 Å². The van der Waals surface area contributed by atoms with E-state index in [0.717, 1.165) is 12.4 Å². The van der Waals surface area contributed by atoms with E-state index < -0.39 is 0 Å². The van der Waals surface area contributed by atoms with Crippen LogP contribution >= 0.6 is 0 Å². The van der Waals surface area contributed by atoms with E-state index in [1.807, 2.05) is 19.3 Å². The zero-order valence-corrected chi connectivity index (χ0v) is 11.0. The van der Waals surface area contributed by atoms with E-state index in [1.54, 1.807) is 0 Å². The Labute approximate surface area is 108 Å². The van der Waals surface area contributed by atoms with E-state index in [1.165, 1.54) is 5.56 Å². The fourth-order valence-corrected chi connectivity index (χ4v) is 2.05. The number of rotatable bonds is 4. The Balaban J connectivity index is 2.04. The first-order valence-corrected chi connectivity index (χ1v) is 6.35. The van der Waals surface area contributed by atoms with Crippen LogP contribution in [0.5, 0.6) is 0 Å². The molecule has 18 heavy (non-hydrogen) atoms. The van der Waals surface area contributed by atoms with Crippen molar-refractivity contribution in [3.63, 3.8) is 0 Å². The quantitative estimate of drug-likeness (QED) is 0.819. The minimum Gasteiger partial charge on any atom is -0.394 e. The van der Waals surface area contributed by atoms with Crippen molar-refractivity contribution in [2.45, 2.75) is 19.1 Å². The molecule has 0 aromatic carbocycles. The molecule has 0 radical (unpaired) electrons. The second-order valence-corrected chi connectivity index (χ2v) is 4.58. The van der Waals surface area contributed by atoms with Gasteiger partial charge in [-0.2, -0.15) is 0 Å². The van der Waals surface area contributed by atoms with Gasteiger partial charge in [-0.25, -0.2) is 4.98 Å². The van der Waals surface area contributed by atoms with Gasteiger partial charge < -0.3 is 20.1 Å². The Hall–Kier alpha value is -1.17. The van der Waals surface area contributed by atoms with Gasteiger partial charge in [-0.15, -0.1) is 0 Å². The molecule has 0 bridgehead atoms. The zero-order valence-electron chi connectivity index (χ0n) is 11.0. The van der Waals surface area contributed by atoms with Gasteiger partial charge >= 0.3 is 0 Å². The predicted octanol–water partition coefficient (Wildman–Crippen LogP) is 0.559. The minimum atomic E-state index is -0.101. The fraction of sp³-hybridized carbons (Fsp3) is 0.615. The van der Waals surface area contributed by atoms with Gasteiger partial charge in [0.15, 0.2) is 0 Å². The Bertz CT molecular complexity index is 369. The van der Waals surface area contributed by atoms with Crippen LogP contribution < -0.4 is 10.2 Å². The van der Waals surface area contributed by atoms with Crippen LogP contribution in [0.1, 0.15) is 18.5 Å². The Morgan fingerprint density at radius 2 is 2.44 bits per heavy atom. The highest BCUT2D eigenvalue weighted by Crippen LogP contribution is 2.18. The molecular formula is C13H21N3O2. The Kier molecular flexibility index (Phi) is 4.52. The summed E-state index contributed by atoms with van der Waals surface area (Å²) in [4.78, 5) is 6.64. The van der Waals surface area contributed by atoms with E-state index in [0.29, 0.717) is 19.2 Å². The summed E-state index contributed by atoms with van der Waals surface area (Å²) in [5.74, 6) is 0.948. The number of anilines is 1. The summed E-state index contributed by atoms with van der Waals surface area (Å²) in [7, 11) is 1.94. The summed E-state index contributed by atoms with van der Waals surface area (Å²) in [6, 6.07) is 4.43. The summed E-state index contributed by atoms with van der Waals surface area (Å²) in [5, 5.41) is 12.3. The number of aromatic nitrogens is 1. The van der Waals surface area contributed by atoms with Crippen LogP contribution in [-0.2, 0) is 4.74 Å². The molecule has 1 saturated heterocycles. The van der Waals surface area contributed by atoms with E-state index in [-0.39, 0.29) is 12.7 Å². The van der Waals surface area contributed by atoms with E-state index in [4.69, 9.17) is 9.84 Å². The number of hydrogen-bond donors (Lipinski definition) is 2. The lowest BCUT2D eigenvalue weighted by Crippen LogP contribution is -2.44. The summed E-state index contributed by atoms with van der Waals surface area (Å²) in [5.41, 5.74) is 1.17. The SMILES string of the molecule is CNC(C)c1ccc(N2CCOC(CO)C2)nc1. The fourth-order valence-electron chi connectivity index (χ4n) is 2.05. The molecule has 2 heterocycles. The highest BCUT2D eigenvalue weighted by Gasteiger charge is 2.20. The molecule has 2 rings (SSSR count). The first kappa shape index (κ1) is 13.3. The average molecular weight is 251 g/mol. The summed E-state index contributed by atoms with van der Waals surface area (Å²) in [6.07, 6.45) is 1.80. The number of hydrogen-bond acceptors (Lipinski definition) is 5. The molecule has 2 atom stereocenters. The van der Waals surface area contributed by atoms with Gasteiger partial charge in [0, 0.05) is 25.3 Å². The average Bonchev–Trinajstić information content (AvgIpc) is 2.46. The van der Waals surface area contributed by atoms with Gasteiger partial charge in [-0.3, -0.25) is 0 Å². The van der Waals surface area contributed by atoms with Crippen LogP contribution in [0.3, 0.4) is 0 Å². The van der Waals surface area contributed by atoms with Gasteiger partial charge in [-0.1, -0.05) is 6.07 Å². The third-order valence-electron chi connectivity index (χ3n) is 3.37. The Morgan fingerprint density at radius 1 is 1.61 bits per heavy atom. The maximum atomic E-state index is 9.12. The molecule has 2 unspecified atom stereocenters. The molecule has 1 aliphatic rings. The monoisotopic (exact) mass is 251 g/mol. The van der Waals surface area contributed by atoms with Crippen molar-refractivity contribution in [2.24, 2.45) is 0 Å². The number of ether oxygens (including phenoxy) is 1. The topological polar surface area (TPSA) is 57.6 Å². The van der Waals surface area contributed by atoms with Gasteiger partial charge in [0.1, 0.15) is 5.82 Å². The number of pyridine rings is 1. The van der Waals surface area contributed by atoms with Crippen LogP contribution in [0.15, 0.2) is 18.3 Å². The molecule has 2 N–H and O–H groups in total. The maximum Gasteiger partial charge on any atom is 0.128 e. The van der Waals surface area contributed by atoms with E-state index >= 15 is 0 Å². The lowest BCUT2D eigenvalue weighted by atomic mass is 10.1. The van der Waals surface area contributed by atoms with Crippen molar-refractivity contribution >= 4 is 5.82 Å². The highest BCUT2D eigenvalue weighted by molar-refractivity contribution is 5.40. The molecule has 5 heteroatoms. The molecule has 1 aromatic rings. The van der Waals surface area contributed by atoms with Crippen LogP contribution in [0.4, 0.5) is 5.82 Å². The third kappa shape index (κ3) is 2.98. The number of morpholine rings is 1. The first-order valence-electron chi connectivity index (χ1n) is 6.35. The molecule has 1 aliphatic heterocycles. The molecule has 0 amide bonds. The van der Waals surface area contributed by atoms with E-state index in [9.17, 15) is 0 Å². The number of nitrogens with zero attached hydrogens (tertiary/aromatic N) is 2. The van der Waals surface area contributed by atoms with Crippen LogP contribution in [0.25, 0.3) is 0 Å². The molecule has 1 fully saturated rings. The van der Waals surface area contributed by atoms with Crippen molar-refractivity contribution in [1.29, 1.82) is 0 Å². The molecule has 0 saturated carbocycles. The molecular weight excluding hydrogens is 230 g/mol. The summed E-state index contributed by atoms with van der Waals surface area (Å²) < 4.78 is 5.43. The smallest absolute Gasteiger partial charge is 0.128 e. The zero-order chi connectivity index (χ0) is 13.0. The molecule has 0 spiro atoms. The van der Waals surface area contributed by atoms with Gasteiger partial charge in [-0.05, 0) is 25.6 Å². The van der Waals surface area contributed by atoms with Crippen LogP contribution in [0.2, 0.25) is 0 Å². The largest absolute Gasteiger partial charge is 0.394 e. The Morgan fingerprint density at radius 3 is 3.06 bits per heavy atom. The predicted molar refractivity (Wildman–Crippen MR) is 70.8 cm³/mol. The van der Waals surface area contributed by atoms with Crippen molar-refractivity contribution in [3.05, 3.63) is 23.9 Å². The second-order valence-electron chi connectivity index (χ2n) is 4.58. The van der Waals surface area contributed by atoms with Crippen molar-refractivity contribution in [2.75, 3.05) is 38.3 Å². The van der Waals surface area contributed by atoms with Crippen molar-refractivity contribution in [1.82, 2.24) is 10.3 Å². The molecule has 0 aliphatic carbocycles. The van der Waals surface area contributed by atoms with Crippen molar-refractivity contribution < 1.29 is 9.84 Å². The highest BCUT2D eigenvalue weighted by atomic mass is 16.5. The maximum absolute atomic E-state index is 9.12. The number of aliphatic hydroxyl groups excluding tert-OH is 1. The lowest BCUT2D eigenvalue weighted by molar-refractivity contribution is 0.00336. The third-order valence-corrected chi connectivity index (χ3v) is 3.37. The lowest BCUT2D eigenvalue weighted by Gasteiger charge is -2.33. The summed E-state index contributed by atoms with van der Waals surface area (Å²) in [6.45, 7) is 4.33. The minimum absolute atomic E-state index is 0.0609. The molecule has 100 valence electrons. The second kappa shape index (κ2) is 6.13. The molecule has 1 aromatic heterocycles. The summed E-state index contributed by atoms with van der Waals surface area (Å²) >= 11 is 0. The van der Waals surface area contributed by atoms with Gasteiger partial charge in [0.25, 0.3) is 0 Å².